The lowest BCUT2D eigenvalue weighted by atomic mass is 10.0. The van der Waals surface area contributed by atoms with Gasteiger partial charge < -0.3 is 10.6 Å². The molecule has 0 aliphatic heterocycles. The minimum atomic E-state index is -0.158. The van der Waals surface area contributed by atoms with Crippen molar-refractivity contribution in [2.45, 2.75) is 33.6 Å². The van der Waals surface area contributed by atoms with E-state index in [-0.39, 0.29) is 17.7 Å². The molecule has 2 N–H and O–H groups in total. The number of carbonyl (C=O) groups excluding carboxylic acids is 2. The van der Waals surface area contributed by atoms with Crippen LogP contribution in [-0.2, 0) is 7.05 Å². The van der Waals surface area contributed by atoms with Crippen molar-refractivity contribution in [3.05, 3.63) is 47.0 Å². The lowest BCUT2D eigenvalue weighted by Crippen LogP contribution is -2.36. The molecule has 7 heteroatoms. The van der Waals surface area contributed by atoms with E-state index in [1.165, 1.54) is 0 Å². The molecule has 0 aliphatic rings. The second-order valence-electron chi connectivity index (χ2n) is 6.99. The van der Waals surface area contributed by atoms with Crippen LogP contribution in [0.1, 0.15) is 58.7 Å². The van der Waals surface area contributed by atoms with Crippen molar-refractivity contribution in [1.82, 2.24) is 25.4 Å². The van der Waals surface area contributed by atoms with Crippen molar-refractivity contribution in [1.29, 1.82) is 0 Å². The third kappa shape index (κ3) is 4.91. The molecule has 0 fully saturated rings. The summed E-state index contributed by atoms with van der Waals surface area (Å²) in [6.45, 7) is 8.88. The monoisotopic (exact) mass is 357 g/mol. The molecule has 7 nitrogen and oxygen atoms in total. The first kappa shape index (κ1) is 19.6. The maximum Gasteiger partial charge on any atom is 0.269 e. The Balaban J connectivity index is 1.83. The molecule has 0 bridgehead atoms. The molecule has 26 heavy (non-hydrogen) atoms. The molecule has 0 aromatic carbocycles. The quantitative estimate of drug-likeness (QED) is 0.794. The van der Waals surface area contributed by atoms with Gasteiger partial charge in [-0.2, -0.15) is 5.10 Å². The van der Waals surface area contributed by atoms with Gasteiger partial charge in [0.1, 0.15) is 5.69 Å². The van der Waals surface area contributed by atoms with Gasteiger partial charge in [-0.05, 0) is 36.0 Å². The lowest BCUT2D eigenvalue weighted by Gasteiger charge is -2.14. The highest BCUT2D eigenvalue weighted by atomic mass is 16.2. The highest BCUT2D eigenvalue weighted by Crippen LogP contribution is 2.14. The lowest BCUT2D eigenvalue weighted by molar-refractivity contribution is 0.0935. The van der Waals surface area contributed by atoms with Crippen molar-refractivity contribution < 1.29 is 9.59 Å². The fourth-order valence-corrected chi connectivity index (χ4v) is 2.56. The van der Waals surface area contributed by atoms with Gasteiger partial charge in [0.05, 0.1) is 11.8 Å². The van der Waals surface area contributed by atoms with Crippen molar-refractivity contribution in [3.63, 3.8) is 0 Å². The molecule has 0 saturated heterocycles. The Kier molecular flexibility index (Phi) is 6.49. The maximum atomic E-state index is 12.3. The van der Waals surface area contributed by atoms with Crippen LogP contribution in [0, 0.1) is 12.8 Å². The first-order valence-corrected chi connectivity index (χ1v) is 8.79. The largest absolute Gasteiger partial charge is 0.352 e. The summed E-state index contributed by atoms with van der Waals surface area (Å²) < 4.78 is 1.56. The zero-order chi connectivity index (χ0) is 19.3. The van der Waals surface area contributed by atoms with E-state index in [1.54, 1.807) is 30.3 Å². The molecule has 140 valence electrons. The summed E-state index contributed by atoms with van der Waals surface area (Å²) in [4.78, 5) is 28.7. The number of nitrogens with one attached hydrogen (secondary N) is 2. The van der Waals surface area contributed by atoms with E-state index < -0.39 is 0 Å². The predicted molar refractivity (Wildman–Crippen MR) is 100 cm³/mol. The van der Waals surface area contributed by atoms with Gasteiger partial charge in [0.15, 0.2) is 0 Å². The summed E-state index contributed by atoms with van der Waals surface area (Å²) in [6, 6.07) is 1.87. The minimum absolute atomic E-state index is 0.0951. The third-order valence-electron chi connectivity index (χ3n) is 4.25. The van der Waals surface area contributed by atoms with E-state index in [0.717, 1.165) is 11.1 Å². The van der Waals surface area contributed by atoms with Gasteiger partial charge in [-0.15, -0.1) is 0 Å². The van der Waals surface area contributed by atoms with E-state index in [0.29, 0.717) is 30.3 Å². The molecule has 1 unspecified atom stereocenters. The first-order valence-electron chi connectivity index (χ1n) is 8.79. The molecule has 2 heterocycles. The number of hydrogen-bond acceptors (Lipinski definition) is 4. The molecule has 2 aromatic heterocycles. The predicted octanol–water partition coefficient (Wildman–Crippen LogP) is 2.04. The second-order valence-corrected chi connectivity index (χ2v) is 6.99. The molecular weight excluding hydrogens is 330 g/mol. The SMILES string of the molecule is Cc1cnn(C)c1C(=O)NCC(C)CNC(=O)c1cncc(C(C)C)c1. The van der Waals surface area contributed by atoms with E-state index in [9.17, 15) is 9.59 Å². The number of nitrogens with zero attached hydrogens (tertiary/aromatic N) is 3. The Morgan fingerprint density at radius 1 is 1.08 bits per heavy atom. The number of aromatic nitrogens is 3. The molecular formula is C19H27N5O2. The number of carbonyl (C=O) groups is 2. The molecule has 2 rings (SSSR count). The summed E-state index contributed by atoms with van der Waals surface area (Å²) in [5.41, 5.74) is 2.98. The van der Waals surface area contributed by atoms with E-state index in [4.69, 9.17) is 0 Å². The highest BCUT2D eigenvalue weighted by molar-refractivity contribution is 5.94. The van der Waals surface area contributed by atoms with Crippen LogP contribution in [0.5, 0.6) is 0 Å². The van der Waals surface area contributed by atoms with Gasteiger partial charge in [-0.1, -0.05) is 20.8 Å². The molecule has 0 radical (unpaired) electrons. The fourth-order valence-electron chi connectivity index (χ4n) is 2.56. The normalized spacial score (nSPS) is 12.1. The topological polar surface area (TPSA) is 88.9 Å². The van der Waals surface area contributed by atoms with Crippen LogP contribution in [0.3, 0.4) is 0 Å². The summed E-state index contributed by atoms with van der Waals surface area (Å²) in [5.74, 6) is 0.104. The molecule has 0 aliphatic carbocycles. The van der Waals surface area contributed by atoms with Crippen LogP contribution in [0.15, 0.2) is 24.7 Å². The van der Waals surface area contributed by atoms with Crippen LogP contribution in [0.2, 0.25) is 0 Å². The van der Waals surface area contributed by atoms with Crippen molar-refractivity contribution >= 4 is 11.8 Å². The molecule has 0 saturated carbocycles. The Hall–Kier alpha value is -2.70. The molecule has 2 amide bonds. The molecule has 2 aromatic rings. The Bertz CT molecular complexity index is 762. The van der Waals surface area contributed by atoms with E-state index in [1.807, 2.05) is 19.9 Å². The first-order chi connectivity index (χ1) is 12.3. The van der Waals surface area contributed by atoms with Crippen LogP contribution in [-0.4, -0.2) is 39.7 Å². The highest BCUT2D eigenvalue weighted by Gasteiger charge is 2.15. The Morgan fingerprint density at radius 3 is 2.31 bits per heavy atom. The van der Waals surface area contributed by atoms with Gasteiger partial charge in [-0.25, -0.2) is 0 Å². The maximum absolute atomic E-state index is 12.3. The third-order valence-corrected chi connectivity index (χ3v) is 4.25. The Morgan fingerprint density at radius 2 is 1.73 bits per heavy atom. The number of aryl methyl sites for hydroxylation is 2. The number of pyridine rings is 1. The van der Waals surface area contributed by atoms with Crippen molar-refractivity contribution in [2.24, 2.45) is 13.0 Å². The molecule has 1 atom stereocenters. The van der Waals surface area contributed by atoms with Gasteiger partial charge in [0.2, 0.25) is 0 Å². The van der Waals surface area contributed by atoms with Crippen LogP contribution in [0.25, 0.3) is 0 Å². The Labute approximate surface area is 154 Å². The number of amides is 2. The van der Waals surface area contributed by atoms with E-state index in [2.05, 4.69) is 34.6 Å². The zero-order valence-electron chi connectivity index (χ0n) is 16.0. The van der Waals surface area contributed by atoms with Gasteiger partial charge >= 0.3 is 0 Å². The van der Waals surface area contributed by atoms with Gasteiger partial charge in [0.25, 0.3) is 11.8 Å². The van der Waals surface area contributed by atoms with Gasteiger partial charge in [-0.3, -0.25) is 19.3 Å². The van der Waals surface area contributed by atoms with Crippen molar-refractivity contribution in [3.8, 4) is 0 Å². The number of hydrogen-bond donors (Lipinski definition) is 2. The minimum Gasteiger partial charge on any atom is -0.352 e. The summed E-state index contributed by atoms with van der Waals surface area (Å²) in [6.07, 6.45) is 5.01. The average Bonchev–Trinajstić information content (AvgIpc) is 2.96. The second kappa shape index (κ2) is 8.60. The van der Waals surface area contributed by atoms with E-state index >= 15 is 0 Å². The van der Waals surface area contributed by atoms with Crippen LogP contribution < -0.4 is 10.6 Å². The smallest absolute Gasteiger partial charge is 0.269 e. The zero-order valence-corrected chi connectivity index (χ0v) is 16.0. The molecule has 0 spiro atoms. The van der Waals surface area contributed by atoms with Crippen molar-refractivity contribution in [2.75, 3.05) is 13.1 Å². The standard InChI is InChI=1S/C19H27N5O2/c1-12(2)15-6-16(11-20-10-15)18(25)21-7-13(3)8-22-19(26)17-14(4)9-23-24(17)5/h6,9-13H,7-8H2,1-5H3,(H,21,25)(H,22,26). The van der Waals surface area contributed by atoms with Gasteiger partial charge in [0, 0.05) is 32.5 Å². The number of rotatable bonds is 7. The summed E-state index contributed by atoms with van der Waals surface area (Å²) in [5, 5.41) is 9.86. The average molecular weight is 357 g/mol. The summed E-state index contributed by atoms with van der Waals surface area (Å²) in [7, 11) is 1.74. The van der Waals surface area contributed by atoms with Crippen LogP contribution in [0.4, 0.5) is 0 Å². The summed E-state index contributed by atoms with van der Waals surface area (Å²) >= 11 is 0. The van der Waals surface area contributed by atoms with Crippen LogP contribution >= 0.6 is 0 Å². The fraction of sp³-hybridized carbons (Fsp3) is 0.474.